The molecule has 1 aromatic carbocycles. The van der Waals surface area contributed by atoms with Crippen molar-refractivity contribution < 1.29 is 39.5 Å². The number of nitrogens with two attached hydrogens (primary N) is 1. The first-order valence-electron chi connectivity index (χ1n) is 12.8. The normalized spacial score (nSPS) is 30.6. The van der Waals surface area contributed by atoms with E-state index in [1.165, 1.54) is 11.0 Å². The van der Waals surface area contributed by atoms with Crippen molar-refractivity contribution in [1.82, 2.24) is 9.80 Å². The summed E-state index contributed by atoms with van der Waals surface area (Å²) in [5.74, 6) is -6.89. The Hall–Kier alpha value is -2.96. The van der Waals surface area contributed by atoms with Crippen LogP contribution in [0.4, 0.5) is 0 Å². The van der Waals surface area contributed by atoms with Crippen LogP contribution in [0.2, 0.25) is 5.02 Å². The summed E-state index contributed by atoms with van der Waals surface area (Å²) in [4.78, 5) is 42.8. The van der Waals surface area contributed by atoms with Gasteiger partial charge in [-0.1, -0.05) is 11.6 Å². The third-order valence-electron chi connectivity index (χ3n) is 8.68. The lowest BCUT2D eigenvalue weighted by Gasteiger charge is -2.50. The van der Waals surface area contributed by atoms with Crippen LogP contribution in [0, 0.1) is 11.8 Å². The fourth-order valence-electron chi connectivity index (χ4n) is 6.74. The van der Waals surface area contributed by atoms with Crippen molar-refractivity contribution in [2.24, 2.45) is 17.6 Å². The zero-order valence-corrected chi connectivity index (χ0v) is 22.7. The van der Waals surface area contributed by atoms with Gasteiger partial charge in [-0.15, -0.1) is 0 Å². The van der Waals surface area contributed by atoms with Crippen molar-refractivity contribution in [2.75, 3.05) is 34.4 Å². The van der Waals surface area contributed by atoms with Crippen molar-refractivity contribution in [1.29, 1.82) is 0 Å². The predicted molar refractivity (Wildman–Crippen MR) is 139 cm³/mol. The summed E-state index contributed by atoms with van der Waals surface area (Å²) in [6, 6.07) is 0.567. The number of aliphatic hydroxyl groups is 3. The number of benzene rings is 1. The van der Waals surface area contributed by atoms with Crippen molar-refractivity contribution >= 4 is 29.1 Å². The first kappa shape index (κ1) is 27.6. The Balaban J connectivity index is 1.61. The molecule has 0 spiro atoms. The summed E-state index contributed by atoms with van der Waals surface area (Å²) in [7, 11) is 5.10. The number of carbonyl (C=O) groups excluding carboxylic acids is 3. The summed E-state index contributed by atoms with van der Waals surface area (Å²) >= 11 is 6.82. The maximum Gasteiger partial charge on any atom is 0.255 e. The van der Waals surface area contributed by atoms with Crippen molar-refractivity contribution in [2.45, 2.75) is 43.5 Å². The number of Topliss-reactive ketones (excluding diaryl/α,β-unsaturated/α-hetero) is 2. The molecule has 11 nitrogen and oxygen atoms in total. The van der Waals surface area contributed by atoms with E-state index in [4.69, 9.17) is 22.1 Å². The highest BCUT2D eigenvalue weighted by molar-refractivity contribution is 6.33. The number of hydrogen-bond donors (Lipinski definition) is 5. The molecule has 1 saturated heterocycles. The van der Waals surface area contributed by atoms with Crippen LogP contribution < -0.4 is 5.73 Å². The van der Waals surface area contributed by atoms with Crippen LogP contribution in [0.15, 0.2) is 28.7 Å². The molecule has 210 valence electrons. The van der Waals surface area contributed by atoms with Gasteiger partial charge in [0.2, 0.25) is 5.78 Å². The second-order valence-electron chi connectivity index (χ2n) is 11.1. The lowest BCUT2D eigenvalue weighted by molar-refractivity contribution is -0.148. The number of aliphatic hydroxyl groups excluding tert-OH is 2. The van der Waals surface area contributed by atoms with Crippen LogP contribution in [0.1, 0.15) is 34.3 Å². The Labute approximate surface area is 230 Å². The van der Waals surface area contributed by atoms with Gasteiger partial charge in [0.1, 0.15) is 22.8 Å². The summed E-state index contributed by atoms with van der Waals surface area (Å²) in [6.45, 7) is 1.67. The molecule has 3 aliphatic carbocycles. The lowest BCUT2D eigenvalue weighted by Crippen LogP contribution is -2.63. The topological polar surface area (TPSA) is 174 Å². The molecule has 5 atom stereocenters. The van der Waals surface area contributed by atoms with E-state index in [1.807, 2.05) is 7.05 Å². The Morgan fingerprint density at radius 1 is 1.23 bits per heavy atom. The Morgan fingerprint density at radius 2 is 1.92 bits per heavy atom. The molecule has 39 heavy (non-hydrogen) atoms. The van der Waals surface area contributed by atoms with E-state index < -0.39 is 58.0 Å². The smallest absolute Gasteiger partial charge is 0.255 e. The molecule has 6 N–H and O–H groups in total. The number of rotatable bonds is 5. The largest absolute Gasteiger partial charge is 0.510 e. The molecule has 0 saturated carbocycles. The number of amides is 1. The van der Waals surface area contributed by atoms with Gasteiger partial charge < -0.3 is 30.9 Å². The molecular formula is C27H32ClN3O8. The number of allylic oxidation sites excluding steroid dienone is 1. The third-order valence-corrected chi connectivity index (χ3v) is 9.15. The number of nitrogens with zero attached hydrogens (tertiary/aromatic N) is 2. The number of primary amides is 1. The number of hydrogen-bond acceptors (Lipinski definition) is 10. The van der Waals surface area contributed by atoms with Gasteiger partial charge in [0.15, 0.2) is 11.4 Å². The van der Waals surface area contributed by atoms with Gasteiger partial charge in [0, 0.05) is 35.7 Å². The van der Waals surface area contributed by atoms with Crippen LogP contribution in [0.5, 0.6) is 5.75 Å². The van der Waals surface area contributed by atoms with Crippen molar-refractivity contribution in [3.05, 3.63) is 50.4 Å². The van der Waals surface area contributed by atoms with Crippen LogP contribution in [0.3, 0.4) is 0 Å². The Kier molecular flexibility index (Phi) is 6.79. The molecule has 0 aromatic heterocycles. The molecule has 12 heteroatoms. The standard InChI is InChI=1S/C27H32ClN3O8/c1-30(2)21-15-7-11-6-14-18(16(32)8-12(20(14)28)9-31(3)13-4-5-39-10-13)22(33)17(11)24(35)27(15,38)25(36)19(23(21)34)26(29)37/h8,11,13,15,21,32,34-35,38H,4-7,9-10H2,1-3H3,(H2,29,37)/t11-,13?,15-,21-,27-/m0/s1. The SMILES string of the molecule is CN(Cc1cc(O)c2c(c1Cl)C[C@H]1C[C@H]3[C@H](N(C)C)C(O)=C(C(N)=O)C(=O)[C@@]3(O)C(O)=C1C2=O)C1CCOC1. The second-order valence-corrected chi connectivity index (χ2v) is 11.5. The zero-order chi connectivity index (χ0) is 28.5. The maximum atomic E-state index is 13.7. The van der Waals surface area contributed by atoms with E-state index in [2.05, 4.69) is 4.90 Å². The van der Waals surface area contributed by atoms with Crippen LogP contribution in [0.25, 0.3) is 0 Å². The summed E-state index contributed by atoms with van der Waals surface area (Å²) < 4.78 is 5.46. The second kappa shape index (κ2) is 9.60. The van der Waals surface area contributed by atoms with Gasteiger partial charge in [-0.25, -0.2) is 0 Å². The van der Waals surface area contributed by atoms with Crippen LogP contribution >= 0.6 is 11.6 Å². The number of phenolic OH excluding ortho intramolecular Hbond substituents is 1. The average molecular weight is 562 g/mol. The highest BCUT2D eigenvalue weighted by Crippen LogP contribution is 2.53. The Morgan fingerprint density at radius 3 is 2.51 bits per heavy atom. The highest BCUT2D eigenvalue weighted by atomic mass is 35.5. The number of phenols is 1. The van der Waals surface area contributed by atoms with Gasteiger partial charge in [0.25, 0.3) is 5.91 Å². The molecule has 1 amide bonds. The quantitative estimate of drug-likeness (QED) is 0.326. The number of carbonyl (C=O) groups is 3. The first-order chi connectivity index (χ1) is 18.3. The van der Waals surface area contributed by atoms with Gasteiger partial charge in [-0.05, 0) is 63.5 Å². The molecule has 1 fully saturated rings. The van der Waals surface area contributed by atoms with Crippen molar-refractivity contribution in [3.8, 4) is 5.75 Å². The molecule has 1 aromatic rings. The first-order valence-corrected chi connectivity index (χ1v) is 13.1. The van der Waals surface area contributed by atoms with E-state index in [0.29, 0.717) is 35.9 Å². The number of likely N-dealkylation sites (N-methyl/N-ethyl adjacent to an activating group) is 2. The van der Waals surface area contributed by atoms with E-state index in [0.717, 1.165) is 6.42 Å². The van der Waals surface area contributed by atoms with E-state index in [1.54, 1.807) is 14.1 Å². The number of aromatic hydroxyl groups is 1. The van der Waals surface area contributed by atoms with Crippen LogP contribution in [-0.2, 0) is 27.3 Å². The molecule has 5 rings (SSSR count). The molecule has 1 heterocycles. The zero-order valence-electron chi connectivity index (χ0n) is 21.9. The Bertz CT molecular complexity index is 1350. The van der Waals surface area contributed by atoms with E-state index in [-0.39, 0.29) is 35.8 Å². The lowest BCUT2D eigenvalue weighted by atomic mass is 9.58. The summed E-state index contributed by atoms with van der Waals surface area (Å²) in [5, 5.41) is 45.1. The maximum absolute atomic E-state index is 13.7. The monoisotopic (exact) mass is 561 g/mol. The molecule has 1 unspecified atom stereocenters. The molecule has 0 bridgehead atoms. The molecule has 1 aliphatic heterocycles. The number of ether oxygens (including phenoxy) is 1. The number of fused-ring (bicyclic) bond motifs is 3. The number of ketones is 2. The highest BCUT2D eigenvalue weighted by Gasteiger charge is 2.63. The van der Waals surface area contributed by atoms with Crippen molar-refractivity contribution in [3.63, 3.8) is 0 Å². The van der Waals surface area contributed by atoms with Gasteiger partial charge in [0.05, 0.1) is 18.2 Å². The number of halogens is 1. The van der Waals surface area contributed by atoms with Gasteiger partial charge in [-0.2, -0.15) is 0 Å². The fourth-order valence-corrected chi connectivity index (χ4v) is 7.02. The summed E-state index contributed by atoms with van der Waals surface area (Å²) in [5.41, 5.74) is 2.58. The fraction of sp³-hybridized carbons (Fsp3) is 0.519. The predicted octanol–water partition coefficient (Wildman–Crippen LogP) is 0.995. The minimum Gasteiger partial charge on any atom is -0.510 e. The van der Waals surface area contributed by atoms with E-state index >= 15 is 0 Å². The molecule has 0 radical (unpaired) electrons. The van der Waals surface area contributed by atoms with Gasteiger partial charge in [-0.3, -0.25) is 24.2 Å². The molecular weight excluding hydrogens is 530 g/mol. The average Bonchev–Trinajstić information content (AvgIpc) is 3.39. The minimum atomic E-state index is -2.67. The third kappa shape index (κ3) is 3.98. The molecule has 4 aliphatic rings. The van der Waals surface area contributed by atoms with Crippen LogP contribution in [-0.4, -0.2) is 99.7 Å². The van der Waals surface area contributed by atoms with E-state index in [9.17, 15) is 34.8 Å². The minimum absolute atomic E-state index is 0.00635. The summed E-state index contributed by atoms with van der Waals surface area (Å²) in [6.07, 6.45) is 1.02. The van der Waals surface area contributed by atoms with Gasteiger partial charge >= 0.3 is 0 Å².